The van der Waals surface area contributed by atoms with E-state index in [4.69, 9.17) is 9.47 Å². The molecule has 0 radical (unpaired) electrons. The Kier molecular flexibility index (Phi) is 5.51. The number of methoxy groups -OCH3 is 2. The zero-order valence-corrected chi connectivity index (χ0v) is 15.5. The van der Waals surface area contributed by atoms with Gasteiger partial charge in [-0.15, -0.1) is 0 Å². The molecule has 2 aromatic carbocycles. The van der Waals surface area contributed by atoms with Gasteiger partial charge in [-0.2, -0.15) is 0 Å². The van der Waals surface area contributed by atoms with Crippen molar-refractivity contribution in [2.75, 3.05) is 51.1 Å². The van der Waals surface area contributed by atoms with Crippen LogP contribution in [0, 0.1) is 0 Å². The van der Waals surface area contributed by atoms with Crippen molar-refractivity contribution in [1.29, 1.82) is 0 Å². The second-order valence-electron chi connectivity index (χ2n) is 6.27. The Morgan fingerprint density at radius 1 is 1.15 bits per heavy atom. The molecule has 0 spiro atoms. The number of anilines is 2. The summed E-state index contributed by atoms with van der Waals surface area (Å²) in [6.07, 6.45) is 0. The van der Waals surface area contributed by atoms with Crippen molar-refractivity contribution < 1.29 is 14.3 Å². The summed E-state index contributed by atoms with van der Waals surface area (Å²) in [5.41, 5.74) is 3.06. The van der Waals surface area contributed by atoms with Gasteiger partial charge in [-0.1, -0.05) is 24.3 Å². The second kappa shape index (κ2) is 7.99. The van der Waals surface area contributed by atoms with Crippen molar-refractivity contribution in [3.63, 3.8) is 0 Å². The van der Waals surface area contributed by atoms with Crippen molar-refractivity contribution in [3.8, 4) is 11.5 Å². The normalized spacial score (nSPS) is 12.8. The van der Waals surface area contributed by atoms with Crippen LogP contribution in [0.4, 0.5) is 11.4 Å². The fourth-order valence-electron chi connectivity index (χ4n) is 3.21. The van der Waals surface area contributed by atoms with Crippen molar-refractivity contribution in [2.24, 2.45) is 0 Å². The highest BCUT2D eigenvalue weighted by molar-refractivity contribution is 5.84. The third-order valence-corrected chi connectivity index (χ3v) is 4.59. The SMILES string of the molecule is COc1cccc(CN(C)C(=O)CN2CCNc3ccccc32)c1OC. The molecule has 1 heterocycles. The van der Waals surface area contributed by atoms with Crippen molar-refractivity contribution >= 4 is 17.3 Å². The van der Waals surface area contributed by atoms with Gasteiger partial charge in [0, 0.05) is 32.2 Å². The zero-order valence-electron chi connectivity index (χ0n) is 15.5. The Morgan fingerprint density at radius 3 is 2.73 bits per heavy atom. The molecule has 6 heteroatoms. The molecule has 0 saturated carbocycles. The lowest BCUT2D eigenvalue weighted by molar-refractivity contribution is -0.128. The van der Waals surface area contributed by atoms with Crippen molar-refractivity contribution in [2.45, 2.75) is 6.54 Å². The van der Waals surface area contributed by atoms with E-state index in [-0.39, 0.29) is 5.91 Å². The fourth-order valence-corrected chi connectivity index (χ4v) is 3.21. The van der Waals surface area contributed by atoms with Crippen LogP contribution >= 0.6 is 0 Å². The molecule has 0 atom stereocenters. The molecule has 1 aliphatic heterocycles. The molecule has 2 aromatic rings. The number of hydrogen-bond donors (Lipinski definition) is 1. The van der Waals surface area contributed by atoms with E-state index in [1.54, 1.807) is 19.1 Å². The molecule has 0 aliphatic carbocycles. The summed E-state index contributed by atoms with van der Waals surface area (Å²) in [5, 5.41) is 3.37. The number of likely N-dealkylation sites (N-methyl/N-ethyl adjacent to an activating group) is 1. The average Bonchev–Trinajstić information content (AvgIpc) is 2.67. The quantitative estimate of drug-likeness (QED) is 0.863. The Hall–Kier alpha value is -2.89. The Bertz CT molecular complexity index is 779. The minimum Gasteiger partial charge on any atom is -0.493 e. The smallest absolute Gasteiger partial charge is 0.242 e. The highest BCUT2D eigenvalue weighted by atomic mass is 16.5. The highest BCUT2D eigenvalue weighted by Crippen LogP contribution is 2.32. The molecule has 0 unspecified atom stereocenters. The molecule has 26 heavy (non-hydrogen) atoms. The lowest BCUT2D eigenvalue weighted by Crippen LogP contribution is -2.42. The maximum absolute atomic E-state index is 12.8. The van der Waals surface area contributed by atoms with E-state index >= 15 is 0 Å². The monoisotopic (exact) mass is 355 g/mol. The molecular formula is C20H25N3O3. The van der Waals surface area contributed by atoms with Gasteiger partial charge in [0.2, 0.25) is 5.91 Å². The molecule has 0 saturated heterocycles. The summed E-state index contributed by atoms with van der Waals surface area (Å²) in [7, 11) is 5.04. The molecule has 1 N–H and O–H groups in total. The van der Waals surface area contributed by atoms with E-state index in [9.17, 15) is 4.79 Å². The van der Waals surface area contributed by atoms with Crippen LogP contribution in [0.15, 0.2) is 42.5 Å². The molecule has 6 nitrogen and oxygen atoms in total. The lowest BCUT2D eigenvalue weighted by Gasteiger charge is -2.32. The minimum atomic E-state index is 0.0616. The Labute approximate surface area is 154 Å². The number of hydrogen-bond acceptors (Lipinski definition) is 5. The maximum Gasteiger partial charge on any atom is 0.242 e. The molecule has 1 aliphatic rings. The lowest BCUT2D eigenvalue weighted by atomic mass is 10.1. The van der Waals surface area contributed by atoms with Gasteiger partial charge in [0.1, 0.15) is 0 Å². The van der Waals surface area contributed by atoms with Crippen LogP contribution < -0.4 is 19.7 Å². The first-order chi connectivity index (χ1) is 12.6. The summed E-state index contributed by atoms with van der Waals surface area (Å²) in [6, 6.07) is 13.8. The molecule has 0 fully saturated rings. The van der Waals surface area contributed by atoms with Gasteiger partial charge in [0.15, 0.2) is 11.5 Å². The number of carbonyl (C=O) groups excluding carboxylic acids is 1. The number of rotatable bonds is 6. The predicted molar refractivity (Wildman–Crippen MR) is 103 cm³/mol. The molecular weight excluding hydrogens is 330 g/mol. The van der Waals surface area contributed by atoms with E-state index in [0.717, 1.165) is 30.0 Å². The number of para-hydroxylation sites is 3. The third-order valence-electron chi connectivity index (χ3n) is 4.59. The number of nitrogens with zero attached hydrogens (tertiary/aromatic N) is 2. The topological polar surface area (TPSA) is 54.0 Å². The third kappa shape index (κ3) is 3.69. The van der Waals surface area contributed by atoms with Gasteiger partial charge in [0.25, 0.3) is 0 Å². The van der Waals surface area contributed by atoms with Gasteiger partial charge >= 0.3 is 0 Å². The van der Waals surface area contributed by atoms with E-state index in [1.165, 1.54) is 0 Å². The van der Waals surface area contributed by atoms with Crippen LogP contribution in [0.2, 0.25) is 0 Å². The summed E-state index contributed by atoms with van der Waals surface area (Å²) in [6.45, 7) is 2.45. The Balaban J connectivity index is 1.70. The Morgan fingerprint density at radius 2 is 1.96 bits per heavy atom. The number of amides is 1. The minimum absolute atomic E-state index is 0.0616. The molecule has 1 amide bonds. The van der Waals surface area contributed by atoms with Crippen molar-refractivity contribution in [3.05, 3.63) is 48.0 Å². The van der Waals surface area contributed by atoms with Crippen LogP contribution in [0.1, 0.15) is 5.56 Å². The fraction of sp³-hybridized carbons (Fsp3) is 0.350. The average molecular weight is 355 g/mol. The van der Waals surface area contributed by atoms with Crippen molar-refractivity contribution in [1.82, 2.24) is 4.90 Å². The van der Waals surface area contributed by atoms with Gasteiger partial charge in [0.05, 0.1) is 32.1 Å². The first kappa shape index (κ1) is 17.9. The van der Waals surface area contributed by atoms with Crippen LogP contribution in [-0.2, 0) is 11.3 Å². The predicted octanol–water partition coefficient (Wildman–Crippen LogP) is 2.59. The van der Waals surface area contributed by atoms with Gasteiger partial charge in [-0.25, -0.2) is 0 Å². The van der Waals surface area contributed by atoms with E-state index in [0.29, 0.717) is 24.6 Å². The molecule has 0 aromatic heterocycles. The van der Waals surface area contributed by atoms with Gasteiger partial charge in [-0.3, -0.25) is 4.79 Å². The summed E-state index contributed by atoms with van der Waals surface area (Å²) in [4.78, 5) is 16.6. The van der Waals surface area contributed by atoms with E-state index in [1.807, 2.05) is 49.5 Å². The number of benzene rings is 2. The van der Waals surface area contributed by atoms with Gasteiger partial charge < -0.3 is 24.6 Å². The zero-order chi connectivity index (χ0) is 18.5. The molecule has 3 rings (SSSR count). The van der Waals surface area contributed by atoms with Crippen LogP contribution in [-0.4, -0.2) is 51.7 Å². The first-order valence-corrected chi connectivity index (χ1v) is 8.65. The standard InChI is InChI=1S/C20H25N3O3/c1-22(13-15-7-6-10-18(25-2)20(15)26-3)19(24)14-23-12-11-21-16-8-4-5-9-17(16)23/h4-10,21H,11-14H2,1-3H3. The van der Waals surface area contributed by atoms with Crippen LogP contribution in [0.25, 0.3) is 0 Å². The summed E-state index contributed by atoms with van der Waals surface area (Å²) in [5.74, 6) is 1.40. The summed E-state index contributed by atoms with van der Waals surface area (Å²) >= 11 is 0. The maximum atomic E-state index is 12.8. The number of ether oxygens (including phenoxy) is 2. The number of carbonyl (C=O) groups is 1. The van der Waals surface area contributed by atoms with Crippen LogP contribution in [0.3, 0.4) is 0 Å². The second-order valence-corrected chi connectivity index (χ2v) is 6.27. The summed E-state index contributed by atoms with van der Waals surface area (Å²) < 4.78 is 10.8. The van der Waals surface area contributed by atoms with E-state index in [2.05, 4.69) is 10.2 Å². The van der Waals surface area contributed by atoms with Crippen LogP contribution in [0.5, 0.6) is 11.5 Å². The largest absolute Gasteiger partial charge is 0.493 e. The first-order valence-electron chi connectivity index (χ1n) is 8.65. The molecule has 138 valence electrons. The molecule has 0 bridgehead atoms. The number of nitrogens with one attached hydrogen (secondary N) is 1. The number of fused-ring (bicyclic) bond motifs is 1. The van der Waals surface area contributed by atoms with Gasteiger partial charge in [-0.05, 0) is 18.2 Å². The van der Waals surface area contributed by atoms with E-state index < -0.39 is 0 Å². The highest BCUT2D eigenvalue weighted by Gasteiger charge is 2.21.